The van der Waals surface area contributed by atoms with Crippen LogP contribution < -0.4 is 5.56 Å². The fraction of sp³-hybridized carbons (Fsp3) is 0.737. The number of carbonyl (C=O) groups excluding carboxylic acids is 1. The maximum absolute atomic E-state index is 12.3. The summed E-state index contributed by atoms with van der Waals surface area (Å²) < 4.78 is 6.92. The molecule has 0 atom stereocenters. The number of piperidine rings is 1. The highest BCUT2D eigenvalue weighted by atomic mass is 16.5. The minimum atomic E-state index is 0.0527. The lowest BCUT2D eigenvalue weighted by molar-refractivity contribution is -0.142. The average molecular weight is 362 g/mol. The van der Waals surface area contributed by atoms with Gasteiger partial charge in [-0.25, -0.2) is 4.98 Å². The summed E-state index contributed by atoms with van der Waals surface area (Å²) in [5.41, 5.74) is 0.913. The van der Waals surface area contributed by atoms with E-state index in [0.29, 0.717) is 19.1 Å². The summed E-state index contributed by atoms with van der Waals surface area (Å²) in [6, 6.07) is 1.67. The van der Waals surface area contributed by atoms with E-state index in [-0.39, 0.29) is 24.0 Å². The summed E-state index contributed by atoms with van der Waals surface area (Å²) in [6.45, 7) is 10.2. The number of ether oxygens (including phenoxy) is 1. The van der Waals surface area contributed by atoms with E-state index in [1.165, 1.54) is 0 Å². The van der Waals surface area contributed by atoms with Crippen molar-refractivity contribution in [1.29, 1.82) is 0 Å². The van der Waals surface area contributed by atoms with E-state index < -0.39 is 0 Å². The molecule has 144 valence electrons. The maximum atomic E-state index is 12.3. The topological polar surface area (TPSA) is 67.7 Å². The monoisotopic (exact) mass is 362 g/mol. The summed E-state index contributed by atoms with van der Waals surface area (Å²) in [4.78, 5) is 32.8. The standard InChI is InChI=1S/C19H30N4O3/c1-15(2)17-11-18(24)23(14-20-17)12-16-3-5-21(6-4-16)7-8-22-9-10-26-13-19(22)25/h11,14-16H,3-10,12-13H2,1-2H3. The fourth-order valence-electron chi connectivity index (χ4n) is 3.61. The second-order valence-corrected chi connectivity index (χ2v) is 7.68. The van der Waals surface area contributed by atoms with Gasteiger partial charge in [0.05, 0.1) is 18.6 Å². The molecule has 26 heavy (non-hydrogen) atoms. The summed E-state index contributed by atoms with van der Waals surface area (Å²) in [5, 5.41) is 0. The lowest BCUT2D eigenvalue weighted by atomic mass is 9.96. The van der Waals surface area contributed by atoms with Gasteiger partial charge in [-0.3, -0.25) is 14.2 Å². The van der Waals surface area contributed by atoms with Crippen molar-refractivity contribution in [1.82, 2.24) is 19.4 Å². The van der Waals surface area contributed by atoms with E-state index in [1.54, 1.807) is 17.0 Å². The van der Waals surface area contributed by atoms with Gasteiger partial charge >= 0.3 is 0 Å². The van der Waals surface area contributed by atoms with Crippen molar-refractivity contribution in [2.75, 3.05) is 45.9 Å². The zero-order valence-electron chi connectivity index (χ0n) is 15.9. The van der Waals surface area contributed by atoms with Gasteiger partial charge in [0, 0.05) is 32.2 Å². The molecule has 0 aliphatic carbocycles. The van der Waals surface area contributed by atoms with Crippen molar-refractivity contribution in [3.8, 4) is 0 Å². The van der Waals surface area contributed by atoms with Gasteiger partial charge in [-0.2, -0.15) is 0 Å². The van der Waals surface area contributed by atoms with Crippen LogP contribution in [0.3, 0.4) is 0 Å². The van der Waals surface area contributed by atoms with Crippen LogP contribution in [0, 0.1) is 5.92 Å². The SMILES string of the molecule is CC(C)c1cc(=O)n(CC2CCN(CCN3CCOCC3=O)CC2)cn1. The lowest BCUT2D eigenvalue weighted by Crippen LogP contribution is -2.46. The zero-order valence-corrected chi connectivity index (χ0v) is 15.9. The summed E-state index contributed by atoms with van der Waals surface area (Å²) >= 11 is 0. The van der Waals surface area contributed by atoms with Gasteiger partial charge in [0.15, 0.2) is 0 Å². The molecule has 0 radical (unpaired) electrons. The molecule has 1 aromatic heterocycles. The van der Waals surface area contributed by atoms with E-state index in [9.17, 15) is 9.59 Å². The fourth-order valence-corrected chi connectivity index (χ4v) is 3.61. The highest BCUT2D eigenvalue weighted by Gasteiger charge is 2.23. The third-order valence-electron chi connectivity index (χ3n) is 5.42. The highest BCUT2D eigenvalue weighted by molar-refractivity contribution is 5.77. The molecule has 0 bridgehead atoms. The zero-order chi connectivity index (χ0) is 18.5. The second kappa shape index (κ2) is 8.77. The van der Waals surface area contributed by atoms with Gasteiger partial charge in [-0.15, -0.1) is 0 Å². The maximum Gasteiger partial charge on any atom is 0.253 e. The number of nitrogens with zero attached hydrogens (tertiary/aromatic N) is 4. The minimum Gasteiger partial charge on any atom is -0.370 e. The number of rotatable bonds is 6. The number of amides is 1. The first-order valence-electron chi connectivity index (χ1n) is 9.67. The lowest BCUT2D eigenvalue weighted by Gasteiger charge is -2.34. The normalized spacial score (nSPS) is 20.1. The number of likely N-dealkylation sites (tertiary alicyclic amines) is 1. The van der Waals surface area contributed by atoms with Crippen LogP contribution in [0.15, 0.2) is 17.2 Å². The van der Waals surface area contributed by atoms with E-state index in [1.807, 2.05) is 18.7 Å². The van der Waals surface area contributed by atoms with Crippen molar-refractivity contribution in [2.24, 2.45) is 5.92 Å². The van der Waals surface area contributed by atoms with Gasteiger partial charge in [-0.05, 0) is 37.8 Å². The Hall–Kier alpha value is -1.73. The molecule has 2 aliphatic heterocycles. The van der Waals surface area contributed by atoms with Crippen LogP contribution in [-0.2, 0) is 16.1 Å². The van der Waals surface area contributed by atoms with Crippen LogP contribution in [0.1, 0.15) is 38.3 Å². The highest BCUT2D eigenvalue weighted by Crippen LogP contribution is 2.18. The largest absolute Gasteiger partial charge is 0.370 e. The van der Waals surface area contributed by atoms with Crippen molar-refractivity contribution in [3.05, 3.63) is 28.4 Å². The summed E-state index contributed by atoms with van der Waals surface area (Å²) in [7, 11) is 0. The Morgan fingerprint density at radius 3 is 2.62 bits per heavy atom. The van der Waals surface area contributed by atoms with E-state index in [2.05, 4.69) is 9.88 Å². The molecule has 2 fully saturated rings. The summed E-state index contributed by atoms with van der Waals surface area (Å²) in [5.74, 6) is 0.891. The van der Waals surface area contributed by atoms with Gasteiger partial charge in [0.1, 0.15) is 6.61 Å². The van der Waals surface area contributed by atoms with E-state index >= 15 is 0 Å². The Morgan fingerprint density at radius 1 is 1.19 bits per heavy atom. The molecule has 2 aliphatic rings. The third kappa shape index (κ3) is 4.92. The van der Waals surface area contributed by atoms with Crippen LogP contribution in [0.5, 0.6) is 0 Å². The van der Waals surface area contributed by atoms with E-state index in [4.69, 9.17) is 4.74 Å². The molecular formula is C19H30N4O3. The first-order valence-corrected chi connectivity index (χ1v) is 9.67. The molecule has 1 amide bonds. The quantitative estimate of drug-likeness (QED) is 0.753. The molecule has 0 unspecified atom stereocenters. The third-order valence-corrected chi connectivity index (χ3v) is 5.42. The van der Waals surface area contributed by atoms with Gasteiger partial charge in [0.2, 0.25) is 5.91 Å². The first kappa shape index (κ1) is 19.0. The molecule has 7 heteroatoms. The van der Waals surface area contributed by atoms with Crippen LogP contribution in [0.25, 0.3) is 0 Å². The van der Waals surface area contributed by atoms with E-state index in [0.717, 1.165) is 51.3 Å². The first-order chi connectivity index (χ1) is 12.5. The molecule has 1 aromatic rings. The molecule has 0 spiro atoms. The molecule has 3 heterocycles. The molecule has 3 rings (SSSR count). The van der Waals surface area contributed by atoms with Gasteiger partial charge < -0.3 is 14.5 Å². The predicted molar refractivity (Wildman–Crippen MR) is 99.1 cm³/mol. The molecule has 7 nitrogen and oxygen atoms in total. The van der Waals surface area contributed by atoms with Crippen molar-refractivity contribution in [2.45, 2.75) is 39.2 Å². The number of hydrogen-bond donors (Lipinski definition) is 0. The van der Waals surface area contributed by atoms with Crippen molar-refractivity contribution < 1.29 is 9.53 Å². The smallest absolute Gasteiger partial charge is 0.253 e. The Bertz CT molecular complexity index is 665. The molecule has 0 N–H and O–H groups in total. The Balaban J connectivity index is 1.44. The van der Waals surface area contributed by atoms with Gasteiger partial charge in [0.25, 0.3) is 5.56 Å². The van der Waals surface area contributed by atoms with Crippen LogP contribution in [0.2, 0.25) is 0 Å². The van der Waals surface area contributed by atoms with Crippen LogP contribution in [0.4, 0.5) is 0 Å². The second-order valence-electron chi connectivity index (χ2n) is 7.68. The number of carbonyl (C=O) groups is 1. The number of aromatic nitrogens is 2. The summed E-state index contributed by atoms with van der Waals surface area (Å²) in [6.07, 6.45) is 3.86. The van der Waals surface area contributed by atoms with Crippen molar-refractivity contribution >= 4 is 5.91 Å². The van der Waals surface area contributed by atoms with Gasteiger partial charge in [-0.1, -0.05) is 13.8 Å². The predicted octanol–water partition coefficient (Wildman–Crippen LogP) is 0.938. The number of hydrogen-bond acceptors (Lipinski definition) is 5. The van der Waals surface area contributed by atoms with Crippen LogP contribution >= 0.6 is 0 Å². The Morgan fingerprint density at radius 2 is 1.96 bits per heavy atom. The molecule has 0 saturated carbocycles. The average Bonchev–Trinajstić information content (AvgIpc) is 2.64. The van der Waals surface area contributed by atoms with Crippen LogP contribution in [-0.4, -0.2) is 71.2 Å². The Kier molecular flexibility index (Phi) is 6.43. The molecular weight excluding hydrogens is 332 g/mol. The van der Waals surface area contributed by atoms with Crippen molar-refractivity contribution in [3.63, 3.8) is 0 Å². The molecule has 2 saturated heterocycles. The number of morpholine rings is 1. The minimum absolute atomic E-state index is 0.0527. The molecule has 0 aromatic carbocycles. The Labute approximate surface area is 154 Å².